The summed E-state index contributed by atoms with van der Waals surface area (Å²) in [5.41, 5.74) is 4.49. The lowest BCUT2D eigenvalue weighted by Crippen LogP contribution is -1.89. The highest BCUT2D eigenvalue weighted by atomic mass is 16.3. The van der Waals surface area contributed by atoms with Crippen molar-refractivity contribution in [1.29, 1.82) is 0 Å². The number of hydrogen-bond donors (Lipinski definition) is 1. The van der Waals surface area contributed by atoms with Gasteiger partial charge in [0.05, 0.1) is 23.3 Å². The Kier molecular flexibility index (Phi) is 6.50. The summed E-state index contributed by atoms with van der Waals surface area (Å²) < 4.78 is 6.21. The van der Waals surface area contributed by atoms with Gasteiger partial charge in [-0.05, 0) is 43.9 Å². The van der Waals surface area contributed by atoms with Gasteiger partial charge in [-0.2, -0.15) is 0 Å². The van der Waals surface area contributed by atoms with Crippen LogP contribution in [0.5, 0.6) is 0 Å². The lowest BCUT2D eigenvalue weighted by molar-refractivity contribution is 0.582. The van der Waals surface area contributed by atoms with Crippen LogP contribution in [0.15, 0.2) is 108 Å². The molecule has 2 heteroatoms. The predicted octanol–water partition coefficient (Wildman–Crippen LogP) is 6.40. The molecular formula is C25H24NO+. The maximum absolute atomic E-state index is 6.21. The summed E-state index contributed by atoms with van der Waals surface area (Å²) in [6.07, 6.45) is 0. The normalized spacial score (nSPS) is 10.0. The minimum Gasteiger partial charge on any atom is -0.323 e. The maximum atomic E-state index is 6.21. The molecule has 0 saturated carbocycles. The molecule has 0 amide bonds. The van der Waals surface area contributed by atoms with E-state index in [0.717, 1.165) is 28.2 Å². The molecule has 0 aliphatic carbocycles. The third kappa shape index (κ3) is 4.90. The second-order valence-corrected chi connectivity index (χ2v) is 6.17. The molecule has 1 N–H and O–H groups in total. The highest BCUT2D eigenvalue weighted by Gasteiger charge is 2.20. The average Bonchev–Trinajstić information content (AvgIpc) is 2.76. The minimum atomic E-state index is 0.871. The lowest BCUT2D eigenvalue weighted by Gasteiger charge is -2.02. The van der Waals surface area contributed by atoms with E-state index in [9.17, 15) is 0 Å². The van der Waals surface area contributed by atoms with Crippen molar-refractivity contribution in [2.24, 2.45) is 0 Å². The monoisotopic (exact) mass is 354 g/mol. The van der Waals surface area contributed by atoms with Gasteiger partial charge in [-0.3, -0.25) is 0 Å². The van der Waals surface area contributed by atoms with Gasteiger partial charge in [-0.1, -0.05) is 66.7 Å². The Morgan fingerprint density at radius 3 is 1.19 bits per heavy atom. The Bertz CT molecular complexity index is 812. The van der Waals surface area contributed by atoms with E-state index in [4.69, 9.17) is 4.42 Å². The van der Waals surface area contributed by atoms with Crippen molar-refractivity contribution < 1.29 is 4.42 Å². The fraction of sp³-hybridized carbons (Fsp3) is 0.0800. The first-order chi connectivity index (χ1) is 13.3. The van der Waals surface area contributed by atoms with Crippen LogP contribution in [0.25, 0.3) is 33.8 Å². The molecular weight excluding hydrogens is 330 g/mol. The Balaban J connectivity index is 0.000000659. The van der Waals surface area contributed by atoms with Crippen LogP contribution >= 0.6 is 0 Å². The largest absolute Gasteiger partial charge is 0.361 e. The van der Waals surface area contributed by atoms with E-state index in [2.05, 4.69) is 66.0 Å². The van der Waals surface area contributed by atoms with Gasteiger partial charge < -0.3 is 5.32 Å². The quantitative estimate of drug-likeness (QED) is 0.430. The van der Waals surface area contributed by atoms with Crippen molar-refractivity contribution in [3.63, 3.8) is 0 Å². The van der Waals surface area contributed by atoms with Gasteiger partial charge >= 0.3 is 11.5 Å². The van der Waals surface area contributed by atoms with Gasteiger partial charge in [-0.25, -0.2) is 4.42 Å². The zero-order chi connectivity index (χ0) is 18.9. The number of hydrogen-bond acceptors (Lipinski definition) is 1. The van der Waals surface area contributed by atoms with Crippen molar-refractivity contribution in [2.75, 3.05) is 14.1 Å². The first-order valence-electron chi connectivity index (χ1n) is 9.04. The molecule has 4 rings (SSSR count). The molecule has 1 aromatic heterocycles. The van der Waals surface area contributed by atoms with Crippen LogP contribution in [0.4, 0.5) is 0 Å². The molecule has 0 saturated heterocycles. The Morgan fingerprint density at radius 2 is 0.815 bits per heavy atom. The standard InChI is InChI=1S/C23H17O.C2H7N/c1-4-10-18(11-5-1)21-16-22(19-12-6-2-7-13-19)24-23(17-21)20-14-8-3-9-15-20;1-3-2/h1-17H;3H,1-2H3/q+1;. The van der Waals surface area contributed by atoms with E-state index in [-0.39, 0.29) is 0 Å². The first-order valence-corrected chi connectivity index (χ1v) is 9.04. The lowest BCUT2D eigenvalue weighted by atomic mass is 10.0. The molecule has 27 heavy (non-hydrogen) atoms. The van der Waals surface area contributed by atoms with Gasteiger partial charge in [-0.15, -0.1) is 0 Å². The van der Waals surface area contributed by atoms with Gasteiger partial charge in [0.2, 0.25) is 0 Å². The first kappa shape index (κ1) is 18.6. The van der Waals surface area contributed by atoms with E-state index < -0.39 is 0 Å². The Labute approximate surface area is 161 Å². The summed E-state index contributed by atoms with van der Waals surface area (Å²) in [5, 5.41) is 2.75. The van der Waals surface area contributed by atoms with Crippen LogP contribution in [0.2, 0.25) is 0 Å². The van der Waals surface area contributed by atoms with Gasteiger partial charge in [0, 0.05) is 5.56 Å². The van der Waals surface area contributed by atoms with Crippen LogP contribution in [0, 0.1) is 0 Å². The topological polar surface area (TPSA) is 23.3 Å². The van der Waals surface area contributed by atoms with Gasteiger partial charge in [0.1, 0.15) is 0 Å². The minimum absolute atomic E-state index is 0.871. The number of rotatable bonds is 3. The molecule has 1 heterocycles. The Hall–Kier alpha value is -3.23. The molecule has 4 aromatic rings. The summed E-state index contributed by atoms with van der Waals surface area (Å²) in [4.78, 5) is 0. The molecule has 0 spiro atoms. The van der Waals surface area contributed by atoms with Crippen LogP contribution in [0.1, 0.15) is 0 Å². The molecule has 0 aliphatic heterocycles. The molecule has 0 unspecified atom stereocenters. The molecule has 3 aromatic carbocycles. The van der Waals surface area contributed by atoms with Crippen LogP contribution in [-0.2, 0) is 0 Å². The third-order valence-electron chi connectivity index (χ3n) is 4.02. The van der Waals surface area contributed by atoms with Crippen molar-refractivity contribution in [3.05, 3.63) is 103 Å². The van der Waals surface area contributed by atoms with Crippen molar-refractivity contribution >= 4 is 0 Å². The van der Waals surface area contributed by atoms with Gasteiger partial charge in [0.15, 0.2) is 0 Å². The smallest absolute Gasteiger partial charge is 0.323 e. The SMILES string of the molecule is CNC.c1ccc(-c2cc(-c3ccccc3)[o+]c(-c3ccccc3)c2)cc1. The molecule has 2 nitrogen and oxygen atoms in total. The number of benzene rings is 3. The highest BCUT2D eigenvalue weighted by Crippen LogP contribution is 2.32. The highest BCUT2D eigenvalue weighted by molar-refractivity contribution is 5.74. The Morgan fingerprint density at radius 1 is 0.481 bits per heavy atom. The van der Waals surface area contributed by atoms with Crippen molar-refractivity contribution in [2.45, 2.75) is 0 Å². The van der Waals surface area contributed by atoms with E-state index >= 15 is 0 Å². The summed E-state index contributed by atoms with van der Waals surface area (Å²) in [7, 11) is 3.75. The fourth-order valence-corrected chi connectivity index (χ4v) is 2.79. The summed E-state index contributed by atoms with van der Waals surface area (Å²) in [5.74, 6) is 1.74. The molecule has 0 fully saturated rings. The van der Waals surface area contributed by atoms with Crippen molar-refractivity contribution in [1.82, 2.24) is 5.32 Å². The molecule has 0 bridgehead atoms. The zero-order valence-electron chi connectivity index (χ0n) is 15.7. The van der Waals surface area contributed by atoms with Gasteiger partial charge in [0.25, 0.3) is 0 Å². The summed E-state index contributed by atoms with van der Waals surface area (Å²) in [6.45, 7) is 0. The summed E-state index contributed by atoms with van der Waals surface area (Å²) in [6, 6.07) is 35.1. The van der Waals surface area contributed by atoms with E-state index in [1.807, 2.05) is 56.6 Å². The maximum Gasteiger partial charge on any atom is 0.361 e. The second kappa shape index (κ2) is 9.46. The summed E-state index contributed by atoms with van der Waals surface area (Å²) >= 11 is 0. The average molecular weight is 354 g/mol. The molecule has 0 radical (unpaired) electrons. The predicted molar refractivity (Wildman–Crippen MR) is 114 cm³/mol. The molecule has 0 atom stereocenters. The molecule has 0 aliphatic rings. The van der Waals surface area contributed by atoms with Crippen LogP contribution in [-0.4, -0.2) is 14.1 Å². The fourth-order valence-electron chi connectivity index (χ4n) is 2.79. The zero-order valence-corrected chi connectivity index (χ0v) is 15.7. The van der Waals surface area contributed by atoms with Crippen LogP contribution < -0.4 is 5.32 Å². The molecule has 134 valence electrons. The van der Waals surface area contributed by atoms with E-state index in [0.29, 0.717) is 0 Å². The second-order valence-electron chi connectivity index (χ2n) is 6.17. The third-order valence-corrected chi connectivity index (χ3v) is 4.02. The van der Waals surface area contributed by atoms with E-state index in [1.165, 1.54) is 5.56 Å². The van der Waals surface area contributed by atoms with Crippen LogP contribution in [0.3, 0.4) is 0 Å². The number of nitrogens with one attached hydrogen (secondary N) is 1. The van der Waals surface area contributed by atoms with Crippen molar-refractivity contribution in [3.8, 4) is 33.8 Å². The van der Waals surface area contributed by atoms with E-state index in [1.54, 1.807) is 0 Å².